The van der Waals surface area contributed by atoms with E-state index in [1.165, 1.54) is 7.11 Å². The summed E-state index contributed by atoms with van der Waals surface area (Å²) in [6, 6.07) is 7.92. The number of imidazole rings is 1. The highest BCUT2D eigenvalue weighted by Crippen LogP contribution is 2.17. The van der Waals surface area contributed by atoms with E-state index in [1.807, 2.05) is 24.3 Å². The Morgan fingerprint density at radius 3 is 2.88 bits per heavy atom. The molecule has 0 amide bonds. The first-order valence-corrected chi connectivity index (χ1v) is 5.77. The zero-order valence-corrected chi connectivity index (χ0v) is 10.1. The van der Waals surface area contributed by atoms with Crippen molar-refractivity contribution in [3.63, 3.8) is 0 Å². The first-order chi connectivity index (χ1) is 8.26. The number of methoxy groups -OCH3 is 1. The van der Waals surface area contributed by atoms with Crippen molar-refractivity contribution in [1.82, 2.24) is 9.55 Å². The molecule has 0 saturated carbocycles. The largest absolute Gasteiger partial charge is 0.469 e. The number of fused-ring (bicyclic) bond motifs is 1. The van der Waals surface area contributed by atoms with Crippen molar-refractivity contribution in [3.05, 3.63) is 30.1 Å². The van der Waals surface area contributed by atoms with Crippen LogP contribution in [0.15, 0.2) is 24.3 Å². The Morgan fingerprint density at radius 1 is 1.41 bits per heavy atom. The van der Waals surface area contributed by atoms with Crippen molar-refractivity contribution in [3.8, 4) is 0 Å². The van der Waals surface area contributed by atoms with E-state index in [0.29, 0.717) is 0 Å². The van der Waals surface area contributed by atoms with Gasteiger partial charge in [-0.1, -0.05) is 19.1 Å². The van der Waals surface area contributed by atoms with Crippen LogP contribution in [0, 0.1) is 0 Å². The Kier molecular flexibility index (Phi) is 3.42. The van der Waals surface area contributed by atoms with Gasteiger partial charge >= 0.3 is 5.97 Å². The van der Waals surface area contributed by atoms with Crippen molar-refractivity contribution in [2.24, 2.45) is 0 Å². The first-order valence-electron chi connectivity index (χ1n) is 5.77. The van der Waals surface area contributed by atoms with Crippen LogP contribution in [0.1, 0.15) is 19.2 Å². The van der Waals surface area contributed by atoms with Gasteiger partial charge in [0.2, 0.25) is 0 Å². The Balaban J connectivity index is 2.45. The van der Waals surface area contributed by atoms with Crippen LogP contribution in [-0.4, -0.2) is 22.6 Å². The van der Waals surface area contributed by atoms with Crippen LogP contribution in [0.2, 0.25) is 0 Å². The van der Waals surface area contributed by atoms with Crippen LogP contribution in [-0.2, 0) is 22.5 Å². The summed E-state index contributed by atoms with van der Waals surface area (Å²) in [5, 5.41) is 0. The molecule has 90 valence electrons. The van der Waals surface area contributed by atoms with Crippen LogP contribution >= 0.6 is 0 Å². The SMILES string of the molecule is CCCn1c(CC(=O)OC)nc2ccccc21. The van der Waals surface area contributed by atoms with Crippen LogP contribution in [0.3, 0.4) is 0 Å². The van der Waals surface area contributed by atoms with Gasteiger partial charge in [-0.05, 0) is 18.6 Å². The maximum Gasteiger partial charge on any atom is 0.313 e. The van der Waals surface area contributed by atoms with Gasteiger partial charge in [0.15, 0.2) is 0 Å². The fourth-order valence-electron chi connectivity index (χ4n) is 1.93. The Bertz CT molecular complexity index is 531. The number of hydrogen-bond donors (Lipinski definition) is 0. The van der Waals surface area contributed by atoms with E-state index in [-0.39, 0.29) is 12.4 Å². The molecule has 17 heavy (non-hydrogen) atoms. The molecule has 4 nitrogen and oxygen atoms in total. The van der Waals surface area contributed by atoms with Crippen LogP contribution in [0.25, 0.3) is 11.0 Å². The minimum atomic E-state index is -0.252. The zero-order valence-electron chi connectivity index (χ0n) is 10.1. The molecular formula is C13H16N2O2. The lowest BCUT2D eigenvalue weighted by molar-refractivity contribution is -0.139. The molecule has 0 aliphatic carbocycles. The second-order valence-electron chi connectivity index (χ2n) is 3.92. The summed E-state index contributed by atoms with van der Waals surface area (Å²) in [5.41, 5.74) is 2.01. The van der Waals surface area contributed by atoms with Crippen molar-refractivity contribution >= 4 is 17.0 Å². The lowest BCUT2D eigenvalue weighted by Gasteiger charge is -2.06. The quantitative estimate of drug-likeness (QED) is 0.759. The highest BCUT2D eigenvalue weighted by atomic mass is 16.5. The van der Waals surface area contributed by atoms with Crippen LogP contribution in [0.4, 0.5) is 0 Å². The number of benzene rings is 1. The average Bonchev–Trinajstić information content (AvgIpc) is 2.68. The third kappa shape index (κ3) is 2.30. The molecule has 0 atom stereocenters. The molecule has 2 aromatic rings. The highest BCUT2D eigenvalue weighted by Gasteiger charge is 2.13. The van der Waals surface area contributed by atoms with E-state index in [0.717, 1.165) is 29.8 Å². The predicted molar refractivity (Wildman–Crippen MR) is 65.7 cm³/mol. The monoisotopic (exact) mass is 232 g/mol. The summed E-state index contributed by atoms with van der Waals surface area (Å²) >= 11 is 0. The molecule has 0 N–H and O–H groups in total. The molecule has 0 saturated heterocycles. The lowest BCUT2D eigenvalue weighted by Crippen LogP contribution is -2.11. The average molecular weight is 232 g/mol. The van der Waals surface area contributed by atoms with E-state index in [9.17, 15) is 4.79 Å². The fourth-order valence-corrected chi connectivity index (χ4v) is 1.93. The summed E-state index contributed by atoms with van der Waals surface area (Å²) in [6.45, 7) is 2.98. The number of rotatable bonds is 4. The van der Waals surface area contributed by atoms with Gasteiger partial charge in [0, 0.05) is 6.54 Å². The maximum atomic E-state index is 11.3. The number of aromatic nitrogens is 2. The summed E-state index contributed by atoms with van der Waals surface area (Å²) in [7, 11) is 1.40. The van der Waals surface area contributed by atoms with Gasteiger partial charge in [-0.15, -0.1) is 0 Å². The molecule has 0 bridgehead atoms. The van der Waals surface area contributed by atoms with E-state index in [2.05, 4.69) is 16.5 Å². The number of hydrogen-bond acceptors (Lipinski definition) is 3. The van der Waals surface area contributed by atoms with Gasteiger partial charge < -0.3 is 9.30 Å². The second kappa shape index (κ2) is 4.99. The molecule has 4 heteroatoms. The van der Waals surface area contributed by atoms with Crippen LogP contribution < -0.4 is 0 Å². The fraction of sp³-hybridized carbons (Fsp3) is 0.385. The highest BCUT2D eigenvalue weighted by molar-refractivity contribution is 5.78. The normalized spacial score (nSPS) is 10.7. The number of para-hydroxylation sites is 2. The number of carbonyl (C=O) groups is 1. The molecule has 0 radical (unpaired) electrons. The van der Waals surface area contributed by atoms with Gasteiger partial charge in [-0.3, -0.25) is 4.79 Å². The summed E-state index contributed by atoms with van der Waals surface area (Å²) < 4.78 is 6.78. The van der Waals surface area contributed by atoms with Gasteiger partial charge in [0.1, 0.15) is 12.2 Å². The zero-order chi connectivity index (χ0) is 12.3. The van der Waals surface area contributed by atoms with Gasteiger partial charge in [-0.25, -0.2) is 4.98 Å². The molecule has 0 unspecified atom stereocenters. The molecule has 1 aromatic carbocycles. The van der Waals surface area contributed by atoms with Gasteiger partial charge in [-0.2, -0.15) is 0 Å². The number of esters is 1. The second-order valence-corrected chi connectivity index (χ2v) is 3.92. The van der Waals surface area contributed by atoms with E-state index >= 15 is 0 Å². The summed E-state index contributed by atoms with van der Waals surface area (Å²) in [6.07, 6.45) is 1.24. The molecule has 0 spiro atoms. The van der Waals surface area contributed by atoms with Gasteiger partial charge in [0.05, 0.1) is 18.1 Å². The van der Waals surface area contributed by atoms with Gasteiger partial charge in [0.25, 0.3) is 0 Å². The smallest absolute Gasteiger partial charge is 0.313 e. The maximum absolute atomic E-state index is 11.3. The Labute approximate surface area is 100 Å². The lowest BCUT2D eigenvalue weighted by atomic mass is 10.3. The molecule has 0 fully saturated rings. The topological polar surface area (TPSA) is 44.1 Å². The summed E-state index contributed by atoms with van der Waals surface area (Å²) in [5.74, 6) is 0.526. The van der Waals surface area contributed by atoms with Crippen LogP contribution in [0.5, 0.6) is 0 Å². The van der Waals surface area contributed by atoms with E-state index < -0.39 is 0 Å². The number of nitrogens with zero attached hydrogens (tertiary/aromatic N) is 2. The molecule has 1 heterocycles. The molecule has 1 aromatic heterocycles. The van der Waals surface area contributed by atoms with E-state index in [1.54, 1.807) is 0 Å². The van der Waals surface area contributed by atoms with Crippen molar-refractivity contribution in [2.75, 3.05) is 7.11 Å². The minimum Gasteiger partial charge on any atom is -0.469 e. The number of carbonyl (C=O) groups excluding carboxylic acids is 1. The van der Waals surface area contributed by atoms with Crippen molar-refractivity contribution in [2.45, 2.75) is 26.3 Å². The standard InChI is InChI=1S/C13H16N2O2/c1-3-8-15-11-7-5-4-6-10(11)14-12(15)9-13(16)17-2/h4-7H,3,8-9H2,1-2H3. The predicted octanol–water partition coefficient (Wildman–Crippen LogP) is 2.16. The molecule has 0 aliphatic rings. The van der Waals surface area contributed by atoms with Crippen molar-refractivity contribution in [1.29, 1.82) is 0 Å². The molecule has 2 rings (SSSR count). The summed E-state index contributed by atoms with van der Waals surface area (Å²) in [4.78, 5) is 15.8. The number of aryl methyl sites for hydroxylation is 1. The first kappa shape index (κ1) is 11.6. The number of ether oxygens (including phenoxy) is 1. The Hall–Kier alpha value is -1.84. The van der Waals surface area contributed by atoms with Crippen molar-refractivity contribution < 1.29 is 9.53 Å². The Morgan fingerprint density at radius 2 is 2.18 bits per heavy atom. The molecular weight excluding hydrogens is 216 g/mol. The molecule has 0 aliphatic heterocycles. The minimum absolute atomic E-state index is 0.227. The van der Waals surface area contributed by atoms with E-state index in [4.69, 9.17) is 4.74 Å². The third-order valence-corrected chi connectivity index (χ3v) is 2.71. The third-order valence-electron chi connectivity index (χ3n) is 2.71.